The summed E-state index contributed by atoms with van der Waals surface area (Å²) in [4.78, 5) is 11.1. The van der Waals surface area contributed by atoms with Crippen LogP contribution in [0, 0.1) is 0 Å². The number of ether oxygens (including phenoxy) is 1. The van der Waals surface area contributed by atoms with E-state index in [1.807, 2.05) is 48.5 Å². The molecule has 2 aromatic heterocycles. The first kappa shape index (κ1) is 17.8. The summed E-state index contributed by atoms with van der Waals surface area (Å²) in [5.74, 6) is 0. The van der Waals surface area contributed by atoms with Crippen molar-refractivity contribution >= 4 is 0 Å². The second-order valence-corrected chi connectivity index (χ2v) is 6.68. The summed E-state index contributed by atoms with van der Waals surface area (Å²) < 4.78 is 5.56. The minimum atomic E-state index is -1.34. The summed E-state index contributed by atoms with van der Waals surface area (Å²) in [7, 11) is 0. The summed E-state index contributed by atoms with van der Waals surface area (Å²) in [5.41, 5.74) is 1.03. The zero-order valence-electron chi connectivity index (χ0n) is 15.1. The van der Waals surface area contributed by atoms with Crippen LogP contribution < -0.4 is 0 Å². The average Bonchev–Trinajstić information content (AvgIpc) is 2.76. The predicted octanol–water partition coefficient (Wildman–Crippen LogP) is 2.79. The van der Waals surface area contributed by atoms with E-state index < -0.39 is 5.60 Å². The van der Waals surface area contributed by atoms with Gasteiger partial charge in [-0.3, -0.25) is 14.9 Å². The van der Waals surface area contributed by atoms with Crippen molar-refractivity contribution in [3.8, 4) is 0 Å². The Hall–Kier alpha value is -2.60. The Morgan fingerprint density at radius 1 is 0.926 bits per heavy atom. The van der Waals surface area contributed by atoms with Crippen molar-refractivity contribution in [3.05, 3.63) is 96.1 Å². The van der Waals surface area contributed by atoms with Crippen LogP contribution in [0.2, 0.25) is 0 Å². The minimum Gasteiger partial charge on any atom is -0.379 e. The Kier molecular flexibility index (Phi) is 5.25. The first-order valence-electron chi connectivity index (χ1n) is 9.21. The van der Waals surface area contributed by atoms with E-state index in [2.05, 4.69) is 27.0 Å². The maximum atomic E-state index is 12.2. The Labute approximate surface area is 159 Å². The molecule has 0 saturated carbocycles. The summed E-state index contributed by atoms with van der Waals surface area (Å²) >= 11 is 0. The normalized spacial score (nSPS) is 18.6. The number of hydrogen-bond donors (Lipinski definition) is 1. The number of morpholine rings is 1. The zero-order chi connectivity index (χ0) is 18.5. The first-order valence-corrected chi connectivity index (χ1v) is 9.21. The van der Waals surface area contributed by atoms with Gasteiger partial charge in [0, 0.05) is 37.2 Å². The number of pyridine rings is 2. The van der Waals surface area contributed by atoms with Gasteiger partial charge >= 0.3 is 0 Å². The lowest BCUT2D eigenvalue weighted by molar-refractivity contribution is -0.0639. The van der Waals surface area contributed by atoms with Crippen LogP contribution in [0.15, 0.2) is 79.3 Å². The predicted molar refractivity (Wildman–Crippen MR) is 103 cm³/mol. The van der Waals surface area contributed by atoms with Gasteiger partial charge in [-0.1, -0.05) is 42.5 Å². The molecule has 2 atom stereocenters. The van der Waals surface area contributed by atoms with Gasteiger partial charge in [-0.25, -0.2) is 0 Å². The van der Waals surface area contributed by atoms with E-state index in [0.29, 0.717) is 18.9 Å². The maximum Gasteiger partial charge on any atom is 0.152 e. The van der Waals surface area contributed by atoms with Crippen molar-refractivity contribution in [2.45, 2.75) is 11.6 Å². The Morgan fingerprint density at radius 3 is 2.37 bits per heavy atom. The molecule has 27 heavy (non-hydrogen) atoms. The fraction of sp³-hybridized carbons (Fsp3) is 0.273. The highest BCUT2D eigenvalue weighted by Gasteiger charge is 2.46. The molecule has 1 fully saturated rings. The molecule has 0 amide bonds. The number of rotatable bonds is 5. The van der Waals surface area contributed by atoms with E-state index in [1.54, 1.807) is 18.6 Å². The van der Waals surface area contributed by atoms with Gasteiger partial charge in [0.1, 0.15) is 0 Å². The molecule has 3 aromatic rings. The van der Waals surface area contributed by atoms with E-state index >= 15 is 0 Å². The molecular formula is C22H23N3O2. The van der Waals surface area contributed by atoms with Crippen molar-refractivity contribution in [2.75, 3.05) is 26.3 Å². The minimum absolute atomic E-state index is 0.304. The molecule has 138 valence electrons. The van der Waals surface area contributed by atoms with Gasteiger partial charge < -0.3 is 9.84 Å². The molecule has 1 N–H and O–H groups in total. The Balaban J connectivity index is 1.91. The molecule has 4 rings (SSSR count). The average molecular weight is 361 g/mol. The third kappa shape index (κ3) is 3.49. The van der Waals surface area contributed by atoms with Crippen LogP contribution in [0.25, 0.3) is 0 Å². The highest BCUT2D eigenvalue weighted by Crippen LogP contribution is 2.43. The highest BCUT2D eigenvalue weighted by atomic mass is 16.5. The summed E-state index contributed by atoms with van der Waals surface area (Å²) in [6, 6.07) is 19.2. The SMILES string of the molecule is OC(c1cccnc1)(c1ccccn1)C(c1ccccc1)N1CCOCC1. The Bertz CT molecular complexity index is 798. The van der Waals surface area contributed by atoms with Crippen molar-refractivity contribution in [3.63, 3.8) is 0 Å². The second-order valence-electron chi connectivity index (χ2n) is 6.68. The van der Waals surface area contributed by atoms with E-state index in [1.165, 1.54) is 0 Å². The number of nitrogens with zero attached hydrogens (tertiary/aromatic N) is 3. The largest absolute Gasteiger partial charge is 0.379 e. The smallest absolute Gasteiger partial charge is 0.152 e. The molecule has 1 aliphatic rings. The summed E-state index contributed by atoms with van der Waals surface area (Å²) in [5, 5.41) is 12.2. The first-order chi connectivity index (χ1) is 13.3. The molecule has 1 saturated heterocycles. The molecule has 0 radical (unpaired) electrons. The van der Waals surface area contributed by atoms with Crippen LogP contribution in [-0.4, -0.2) is 46.3 Å². The van der Waals surface area contributed by atoms with Crippen LogP contribution in [0.4, 0.5) is 0 Å². The van der Waals surface area contributed by atoms with Crippen LogP contribution in [0.1, 0.15) is 22.9 Å². The van der Waals surface area contributed by atoms with Gasteiger partial charge in [0.2, 0.25) is 0 Å². The van der Waals surface area contributed by atoms with E-state index in [4.69, 9.17) is 4.74 Å². The van der Waals surface area contributed by atoms with Crippen LogP contribution in [0.5, 0.6) is 0 Å². The molecule has 0 spiro atoms. The van der Waals surface area contributed by atoms with Gasteiger partial charge in [0.25, 0.3) is 0 Å². The number of hydrogen-bond acceptors (Lipinski definition) is 5. The van der Waals surface area contributed by atoms with Crippen LogP contribution in [-0.2, 0) is 10.3 Å². The van der Waals surface area contributed by atoms with Crippen molar-refractivity contribution in [1.82, 2.24) is 14.9 Å². The third-order valence-electron chi connectivity index (χ3n) is 5.08. The lowest BCUT2D eigenvalue weighted by Crippen LogP contribution is -2.49. The number of aromatic nitrogens is 2. The molecule has 0 aliphatic carbocycles. The van der Waals surface area contributed by atoms with E-state index in [-0.39, 0.29) is 6.04 Å². The van der Waals surface area contributed by atoms with Crippen molar-refractivity contribution in [1.29, 1.82) is 0 Å². The fourth-order valence-corrected chi connectivity index (χ4v) is 3.81. The number of aliphatic hydroxyl groups is 1. The van der Waals surface area contributed by atoms with Crippen LogP contribution >= 0.6 is 0 Å². The Morgan fingerprint density at radius 2 is 1.70 bits per heavy atom. The molecule has 2 unspecified atom stereocenters. The van der Waals surface area contributed by atoms with Gasteiger partial charge in [-0.2, -0.15) is 0 Å². The lowest BCUT2D eigenvalue weighted by Gasteiger charge is -2.44. The standard InChI is InChI=1S/C22H23N3O2/c26-22(19-9-6-11-23-17-19,20-10-4-5-12-24-20)21(18-7-2-1-3-8-18)25-13-15-27-16-14-25/h1-12,17,21,26H,13-16H2. The molecule has 0 bridgehead atoms. The fourth-order valence-electron chi connectivity index (χ4n) is 3.81. The van der Waals surface area contributed by atoms with Gasteiger partial charge in [-0.15, -0.1) is 0 Å². The van der Waals surface area contributed by atoms with Gasteiger partial charge in [-0.05, 0) is 23.8 Å². The molecule has 5 heteroatoms. The summed E-state index contributed by atoms with van der Waals surface area (Å²) in [6.45, 7) is 2.78. The molecule has 1 aliphatic heterocycles. The second kappa shape index (κ2) is 7.96. The van der Waals surface area contributed by atoms with Crippen molar-refractivity contribution in [2.24, 2.45) is 0 Å². The quantitative estimate of drug-likeness (QED) is 0.757. The topological polar surface area (TPSA) is 58.5 Å². The van der Waals surface area contributed by atoms with E-state index in [0.717, 1.165) is 24.2 Å². The van der Waals surface area contributed by atoms with Crippen LogP contribution in [0.3, 0.4) is 0 Å². The lowest BCUT2D eigenvalue weighted by atomic mass is 9.79. The molecule has 3 heterocycles. The monoisotopic (exact) mass is 361 g/mol. The summed E-state index contributed by atoms with van der Waals surface area (Å²) in [6.07, 6.45) is 5.16. The van der Waals surface area contributed by atoms with Gasteiger partial charge in [0.05, 0.1) is 24.9 Å². The number of benzene rings is 1. The zero-order valence-corrected chi connectivity index (χ0v) is 15.1. The van der Waals surface area contributed by atoms with Gasteiger partial charge in [0.15, 0.2) is 5.60 Å². The third-order valence-corrected chi connectivity index (χ3v) is 5.08. The maximum absolute atomic E-state index is 12.2. The molecule has 5 nitrogen and oxygen atoms in total. The van der Waals surface area contributed by atoms with E-state index in [9.17, 15) is 5.11 Å². The highest BCUT2D eigenvalue weighted by molar-refractivity contribution is 5.37. The molecular weight excluding hydrogens is 338 g/mol. The molecule has 1 aromatic carbocycles. The van der Waals surface area contributed by atoms with Crippen molar-refractivity contribution < 1.29 is 9.84 Å².